The van der Waals surface area contributed by atoms with E-state index in [-0.39, 0.29) is 5.56 Å². The van der Waals surface area contributed by atoms with Gasteiger partial charge < -0.3 is 10.1 Å². The summed E-state index contributed by atoms with van der Waals surface area (Å²) in [6.45, 7) is 4.34. The number of nitrogens with one attached hydrogen (secondary N) is 2. The SMILES string of the molecule is CCCCOCCCNc1nnc(Cc2ccccc2)c(=O)[nH]1. The highest BCUT2D eigenvalue weighted by molar-refractivity contribution is 5.24. The number of aromatic amines is 1. The van der Waals surface area contributed by atoms with Crippen LogP contribution in [-0.2, 0) is 11.2 Å². The van der Waals surface area contributed by atoms with E-state index in [2.05, 4.69) is 27.4 Å². The van der Waals surface area contributed by atoms with E-state index in [1.165, 1.54) is 0 Å². The molecule has 0 radical (unpaired) electrons. The van der Waals surface area contributed by atoms with Crippen LogP contribution in [-0.4, -0.2) is 34.9 Å². The van der Waals surface area contributed by atoms with Crippen LogP contribution in [0.5, 0.6) is 0 Å². The van der Waals surface area contributed by atoms with Gasteiger partial charge in [-0.1, -0.05) is 43.7 Å². The van der Waals surface area contributed by atoms with E-state index in [9.17, 15) is 4.79 Å². The first-order valence-electron chi connectivity index (χ1n) is 8.11. The lowest BCUT2D eigenvalue weighted by atomic mass is 10.1. The van der Waals surface area contributed by atoms with Gasteiger partial charge in [0.1, 0.15) is 5.69 Å². The number of H-pyrrole nitrogens is 1. The summed E-state index contributed by atoms with van der Waals surface area (Å²) < 4.78 is 5.47. The van der Waals surface area contributed by atoms with Gasteiger partial charge in [-0.2, -0.15) is 0 Å². The van der Waals surface area contributed by atoms with Crippen molar-refractivity contribution in [2.75, 3.05) is 25.1 Å². The highest BCUT2D eigenvalue weighted by atomic mass is 16.5. The summed E-state index contributed by atoms with van der Waals surface area (Å²) in [6, 6.07) is 9.75. The average Bonchev–Trinajstić information content (AvgIpc) is 2.57. The molecule has 0 aliphatic heterocycles. The number of hydrogen-bond donors (Lipinski definition) is 2. The number of hydrogen-bond acceptors (Lipinski definition) is 5. The van der Waals surface area contributed by atoms with Crippen molar-refractivity contribution in [3.8, 4) is 0 Å². The van der Waals surface area contributed by atoms with E-state index in [0.717, 1.165) is 31.4 Å². The molecule has 1 aromatic heterocycles. The number of rotatable bonds is 10. The van der Waals surface area contributed by atoms with Gasteiger partial charge in [-0.15, -0.1) is 10.2 Å². The van der Waals surface area contributed by atoms with Crippen LogP contribution in [0.1, 0.15) is 37.4 Å². The summed E-state index contributed by atoms with van der Waals surface area (Å²) in [5, 5.41) is 11.1. The number of ether oxygens (including phenoxy) is 1. The van der Waals surface area contributed by atoms with Crippen molar-refractivity contribution in [1.82, 2.24) is 15.2 Å². The zero-order valence-corrected chi connectivity index (χ0v) is 13.5. The first kappa shape index (κ1) is 17.1. The maximum Gasteiger partial charge on any atom is 0.274 e. The quantitative estimate of drug-likeness (QED) is 0.658. The van der Waals surface area contributed by atoms with Crippen LogP contribution in [0.15, 0.2) is 35.1 Å². The molecule has 1 heterocycles. The Morgan fingerprint density at radius 2 is 1.91 bits per heavy atom. The molecule has 0 aliphatic rings. The van der Waals surface area contributed by atoms with Gasteiger partial charge in [0.25, 0.3) is 5.56 Å². The molecule has 0 spiro atoms. The molecule has 0 amide bonds. The van der Waals surface area contributed by atoms with E-state index in [1.807, 2.05) is 30.3 Å². The molecular weight excluding hydrogens is 292 g/mol. The fraction of sp³-hybridized carbons (Fsp3) is 0.471. The topological polar surface area (TPSA) is 79.9 Å². The van der Waals surface area contributed by atoms with E-state index < -0.39 is 0 Å². The molecule has 2 rings (SSSR count). The molecule has 1 aromatic carbocycles. The summed E-state index contributed by atoms with van der Waals surface area (Å²) in [4.78, 5) is 14.8. The van der Waals surface area contributed by atoms with Crippen molar-refractivity contribution in [3.05, 3.63) is 51.9 Å². The van der Waals surface area contributed by atoms with Crippen molar-refractivity contribution in [3.63, 3.8) is 0 Å². The van der Waals surface area contributed by atoms with Crippen molar-refractivity contribution in [2.24, 2.45) is 0 Å². The minimum atomic E-state index is -0.203. The van der Waals surface area contributed by atoms with E-state index in [4.69, 9.17) is 4.74 Å². The lowest BCUT2D eigenvalue weighted by Gasteiger charge is -2.06. The Bertz CT molecular complexity index is 628. The molecule has 2 aromatic rings. The molecular formula is C17H24N4O2. The highest BCUT2D eigenvalue weighted by Gasteiger charge is 2.05. The third-order valence-corrected chi connectivity index (χ3v) is 3.38. The Labute approximate surface area is 136 Å². The first-order chi connectivity index (χ1) is 11.3. The smallest absolute Gasteiger partial charge is 0.274 e. The Morgan fingerprint density at radius 1 is 1.13 bits per heavy atom. The van der Waals surface area contributed by atoms with Gasteiger partial charge >= 0.3 is 0 Å². The maximum absolute atomic E-state index is 12.0. The second kappa shape index (κ2) is 9.74. The van der Waals surface area contributed by atoms with Crippen LogP contribution in [0, 0.1) is 0 Å². The molecule has 0 atom stereocenters. The number of unbranched alkanes of at least 4 members (excludes halogenated alkanes) is 1. The van der Waals surface area contributed by atoms with Gasteiger partial charge in [-0.25, -0.2) is 0 Å². The second-order valence-electron chi connectivity index (χ2n) is 5.36. The fourth-order valence-corrected chi connectivity index (χ4v) is 2.07. The summed E-state index contributed by atoms with van der Waals surface area (Å²) >= 11 is 0. The molecule has 2 N–H and O–H groups in total. The van der Waals surface area contributed by atoms with E-state index in [1.54, 1.807) is 0 Å². The van der Waals surface area contributed by atoms with Crippen LogP contribution < -0.4 is 10.9 Å². The molecule has 0 saturated heterocycles. The van der Waals surface area contributed by atoms with Crippen molar-refractivity contribution < 1.29 is 4.74 Å². The fourth-order valence-electron chi connectivity index (χ4n) is 2.07. The van der Waals surface area contributed by atoms with Gasteiger partial charge in [0, 0.05) is 26.2 Å². The lowest BCUT2D eigenvalue weighted by molar-refractivity contribution is 0.131. The van der Waals surface area contributed by atoms with E-state index in [0.29, 0.717) is 31.2 Å². The number of anilines is 1. The lowest BCUT2D eigenvalue weighted by Crippen LogP contribution is -2.20. The molecule has 6 heteroatoms. The number of nitrogens with zero attached hydrogens (tertiary/aromatic N) is 2. The van der Waals surface area contributed by atoms with Crippen LogP contribution in [0.4, 0.5) is 5.95 Å². The van der Waals surface area contributed by atoms with Crippen LogP contribution in [0.3, 0.4) is 0 Å². The molecule has 0 unspecified atom stereocenters. The molecule has 0 saturated carbocycles. The maximum atomic E-state index is 12.0. The third-order valence-electron chi connectivity index (χ3n) is 3.38. The highest BCUT2D eigenvalue weighted by Crippen LogP contribution is 2.03. The zero-order valence-electron chi connectivity index (χ0n) is 13.5. The van der Waals surface area contributed by atoms with Gasteiger partial charge in [0.15, 0.2) is 0 Å². The Hall–Kier alpha value is -2.21. The zero-order chi connectivity index (χ0) is 16.3. The Balaban J connectivity index is 1.77. The normalized spacial score (nSPS) is 10.7. The minimum absolute atomic E-state index is 0.203. The Morgan fingerprint density at radius 3 is 2.65 bits per heavy atom. The van der Waals surface area contributed by atoms with Crippen LogP contribution in [0.2, 0.25) is 0 Å². The van der Waals surface area contributed by atoms with E-state index >= 15 is 0 Å². The molecule has 0 bridgehead atoms. The van der Waals surface area contributed by atoms with Crippen LogP contribution >= 0.6 is 0 Å². The van der Waals surface area contributed by atoms with Crippen molar-refractivity contribution in [1.29, 1.82) is 0 Å². The summed E-state index contributed by atoms with van der Waals surface area (Å²) in [6.07, 6.45) is 3.58. The number of aromatic nitrogens is 3. The molecule has 0 aliphatic carbocycles. The molecule has 23 heavy (non-hydrogen) atoms. The van der Waals surface area contributed by atoms with Crippen molar-refractivity contribution >= 4 is 5.95 Å². The average molecular weight is 316 g/mol. The second-order valence-corrected chi connectivity index (χ2v) is 5.36. The predicted molar refractivity (Wildman–Crippen MR) is 90.7 cm³/mol. The molecule has 6 nitrogen and oxygen atoms in total. The summed E-state index contributed by atoms with van der Waals surface area (Å²) in [5.74, 6) is 0.403. The Kier molecular flexibility index (Phi) is 7.26. The van der Waals surface area contributed by atoms with Crippen LogP contribution in [0.25, 0.3) is 0 Å². The molecule has 0 fully saturated rings. The predicted octanol–water partition coefficient (Wildman–Crippen LogP) is 2.37. The monoisotopic (exact) mass is 316 g/mol. The van der Waals surface area contributed by atoms with Gasteiger partial charge in [-0.3, -0.25) is 9.78 Å². The van der Waals surface area contributed by atoms with Gasteiger partial charge in [0.2, 0.25) is 5.95 Å². The first-order valence-corrected chi connectivity index (χ1v) is 8.11. The minimum Gasteiger partial charge on any atom is -0.381 e. The summed E-state index contributed by atoms with van der Waals surface area (Å²) in [5.41, 5.74) is 1.26. The largest absolute Gasteiger partial charge is 0.381 e. The van der Waals surface area contributed by atoms with Gasteiger partial charge in [0.05, 0.1) is 0 Å². The molecule has 124 valence electrons. The van der Waals surface area contributed by atoms with Gasteiger partial charge in [-0.05, 0) is 18.4 Å². The van der Waals surface area contributed by atoms with Crippen molar-refractivity contribution in [2.45, 2.75) is 32.6 Å². The number of benzene rings is 1. The third kappa shape index (κ3) is 6.20. The summed E-state index contributed by atoms with van der Waals surface area (Å²) in [7, 11) is 0. The standard InChI is InChI=1S/C17H24N4O2/c1-2-3-11-23-12-7-10-18-17-19-16(22)15(20-21-17)13-14-8-5-4-6-9-14/h4-6,8-9H,2-3,7,10-13H2,1H3,(H2,18,19,21,22).